The van der Waals surface area contributed by atoms with Crippen LogP contribution >= 0.6 is 0 Å². The first-order valence-corrected chi connectivity index (χ1v) is 8.09. The molecule has 1 heterocycles. The fourth-order valence-corrected chi connectivity index (χ4v) is 3.89. The first kappa shape index (κ1) is 12.3. The number of sulfone groups is 1. The fraction of sp³-hybridized carbons (Fsp3) is 1.00. The third kappa shape index (κ3) is 2.76. The maximum atomic E-state index is 11.3. The number of hydrogen-bond donors (Lipinski definition) is 1. The quantitative estimate of drug-likeness (QED) is 0.764. The van der Waals surface area contributed by atoms with Crippen molar-refractivity contribution >= 4 is 9.84 Å². The van der Waals surface area contributed by atoms with E-state index in [4.69, 9.17) is 0 Å². The summed E-state index contributed by atoms with van der Waals surface area (Å²) >= 11 is 0. The van der Waals surface area contributed by atoms with Gasteiger partial charge in [-0.3, -0.25) is 4.90 Å². The van der Waals surface area contributed by atoms with Crippen LogP contribution in [0.4, 0.5) is 0 Å². The van der Waals surface area contributed by atoms with E-state index in [0.717, 1.165) is 32.1 Å². The summed E-state index contributed by atoms with van der Waals surface area (Å²) in [5.74, 6) is 1.45. The Morgan fingerprint density at radius 2 is 1.94 bits per heavy atom. The third-order valence-electron chi connectivity index (χ3n) is 3.88. The fourth-order valence-electron chi connectivity index (χ4n) is 2.66. The van der Waals surface area contributed by atoms with Crippen molar-refractivity contribution in [2.75, 3.05) is 37.7 Å². The van der Waals surface area contributed by atoms with Crippen molar-refractivity contribution in [2.24, 2.45) is 5.92 Å². The van der Waals surface area contributed by atoms with Crippen molar-refractivity contribution in [1.29, 1.82) is 0 Å². The van der Waals surface area contributed by atoms with Gasteiger partial charge in [-0.2, -0.15) is 0 Å². The molecule has 16 heavy (non-hydrogen) atoms. The minimum absolute atomic E-state index is 0.359. The Labute approximate surface area is 98.3 Å². The summed E-state index contributed by atoms with van der Waals surface area (Å²) in [5.41, 5.74) is 0. The Kier molecular flexibility index (Phi) is 3.87. The molecule has 2 fully saturated rings. The molecule has 0 amide bonds. The average molecular weight is 246 g/mol. The standard InChI is InChI=1S/C11H22N2O2S/c1-2-12-9-10-3-4-11(10)13-5-7-16(14,15)8-6-13/h10-12H,2-9H2,1H3. The Morgan fingerprint density at radius 1 is 1.25 bits per heavy atom. The Bertz CT molecular complexity index is 315. The van der Waals surface area contributed by atoms with Crippen LogP contribution < -0.4 is 5.32 Å². The van der Waals surface area contributed by atoms with Gasteiger partial charge in [0.05, 0.1) is 11.5 Å². The van der Waals surface area contributed by atoms with Crippen LogP contribution in [0.15, 0.2) is 0 Å². The van der Waals surface area contributed by atoms with Gasteiger partial charge in [-0.1, -0.05) is 6.92 Å². The summed E-state index contributed by atoms with van der Waals surface area (Å²) in [7, 11) is -2.73. The number of hydrogen-bond acceptors (Lipinski definition) is 4. The summed E-state index contributed by atoms with van der Waals surface area (Å²) in [6.45, 7) is 5.73. The first-order valence-electron chi connectivity index (χ1n) is 6.27. The van der Waals surface area contributed by atoms with Gasteiger partial charge < -0.3 is 5.32 Å². The van der Waals surface area contributed by atoms with Gasteiger partial charge in [0.25, 0.3) is 0 Å². The maximum Gasteiger partial charge on any atom is 0.152 e. The molecular weight excluding hydrogens is 224 g/mol. The molecule has 1 N–H and O–H groups in total. The van der Waals surface area contributed by atoms with Crippen LogP contribution in [0.25, 0.3) is 0 Å². The van der Waals surface area contributed by atoms with Gasteiger partial charge in [0, 0.05) is 19.1 Å². The lowest BCUT2D eigenvalue weighted by atomic mass is 9.78. The zero-order valence-corrected chi connectivity index (χ0v) is 10.8. The Hall–Kier alpha value is -0.130. The average Bonchev–Trinajstić information content (AvgIpc) is 2.20. The number of nitrogens with zero attached hydrogens (tertiary/aromatic N) is 1. The molecule has 0 aromatic carbocycles. The lowest BCUT2D eigenvalue weighted by molar-refractivity contribution is 0.0693. The molecule has 1 aliphatic carbocycles. The predicted molar refractivity (Wildman–Crippen MR) is 65.3 cm³/mol. The molecule has 1 saturated heterocycles. The Morgan fingerprint density at radius 3 is 2.44 bits per heavy atom. The van der Waals surface area contributed by atoms with E-state index in [9.17, 15) is 8.42 Å². The van der Waals surface area contributed by atoms with Crippen molar-refractivity contribution in [3.8, 4) is 0 Å². The normalized spacial score (nSPS) is 34.6. The van der Waals surface area contributed by atoms with Crippen LogP contribution in [-0.4, -0.2) is 57.0 Å². The van der Waals surface area contributed by atoms with E-state index < -0.39 is 9.84 Å². The smallest absolute Gasteiger partial charge is 0.152 e. The zero-order chi connectivity index (χ0) is 11.6. The summed E-state index contributed by atoms with van der Waals surface area (Å²) < 4.78 is 22.7. The topological polar surface area (TPSA) is 49.4 Å². The van der Waals surface area contributed by atoms with Crippen LogP contribution in [0.5, 0.6) is 0 Å². The molecule has 0 bridgehead atoms. The van der Waals surface area contributed by atoms with Gasteiger partial charge in [-0.25, -0.2) is 8.42 Å². The lowest BCUT2D eigenvalue weighted by Crippen LogP contribution is -2.55. The van der Waals surface area contributed by atoms with E-state index in [1.807, 2.05) is 0 Å². The number of nitrogens with one attached hydrogen (secondary N) is 1. The molecule has 0 radical (unpaired) electrons. The van der Waals surface area contributed by atoms with Crippen LogP contribution in [0.3, 0.4) is 0 Å². The molecule has 5 heteroatoms. The van der Waals surface area contributed by atoms with Gasteiger partial charge in [-0.15, -0.1) is 0 Å². The van der Waals surface area contributed by atoms with E-state index in [2.05, 4.69) is 17.1 Å². The molecule has 2 aliphatic rings. The summed E-state index contributed by atoms with van der Waals surface area (Å²) in [6.07, 6.45) is 2.54. The SMILES string of the molecule is CCNCC1CCC1N1CCS(=O)(=O)CC1. The van der Waals surface area contributed by atoms with Crippen molar-refractivity contribution in [3.05, 3.63) is 0 Å². The monoisotopic (exact) mass is 246 g/mol. The Balaban J connectivity index is 1.81. The molecule has 2 rings (SSSR count). The van der Waals surface area contributed by atoms with Crippen molar-refractivity contribution in [3.63, 3.8) is 0 Å². The largest absolute Gasteiger partial charge is 0.317 e. The van der Waals surface area contributed by atoms with Gasteiger partial charge in [-0.05, 0) is 31.8 Å². The summed E-state index contributed by atoms with van der Waals surface area (Å²) in [5, 5.41) is 3.39. The van der Waals surface area contributed by atoms with Gasteiger partial charge in [0.1, 0.15) is 0 Å². The van der Waals surface area contributed by atoms with Crippen molar-refractivity contribution in [1.82, 2.24) is 10.2 Å². The third-order valence-corrected chi connectivity index (χ3v) is 5.49. The predicted octanol–water partition coefficient (Wildman–Crippen LogP) is 0.105. The second-order valence-electron chi connectivity index (χ2n) is 4.90. The van der Waals surface area contributed by atoms with Crippen LogP contribution in [0.1, 0.15) is 19.8 Å². The van der Waals surface area contributed by atoms with Crippen LogP contribution in [0, 0.1) is 5.92 Å². The molecule has 2 unspecified atom stereocenters. The van der Waals surface area contributed by atoms with Crippen molar-refractivity contribution in [2.45, 2.75) is 25.8 Å². The van der Waals surface area contributed by atoms with Gasteiger partial charge >= 0.3 is 0 Å². The van der Waals surface area contributed by atoms with E-state index in [1.165, 1.54) is 12.8 Å². The molecule has 0 aromatic rings. The minimum Gasteiger partial charge on any atom is -0.317 e. The molecule has 0 spiro atoms. The summed E-state index contributed by atoms with van der Waals surface area (Å²) in [4.78, 5) is 2.38. The van der Waals surface area contributed by atoms with E-state index in [0.29, 0.717) is 17.5 Å². The highest BCUT2D eigenvalue weighted by molar-refractivity contribution is 7.91. The maximum absolute atomic E-state index is 11.3. The molecule has 4 nitrogen and oxygen atoms in total. The van der Waals surface area contributed by atoms with E-state index >= 15 is 0 Å². The molecule has 2 atom stereocenters. The highest BCUT2D eigenvalue weighted by Gasteiger charge is 2.37. The molecular formula is C11H22N2O2S. The van der Waals surface area contributed by atoms with Gasteiger partial charge in [0.15, 0.2) is 9.84 Å². The van der Waals surface area contributed by atoms with Crippen LogP contribution in [-0.2, 0) is 9.84 Å². The van der Waals surface area contributed by atoms with Gasteiger partial charge in [0.2, 0.25) is 0 Å². The zero-order valence-electron chi connectivity index (χ0n) is 9.98. The lowest BCUT2D eigenvalue weighted by Gasteiger charge is -2.46. The molecule has 1 aliphatic heterocycles. The second-order valence-corrected chi connectivity index (χ2v) is 7.20. The van der Waals surface area contributed by atoms with E-state index in [-0.39, 0.29) is 0 Å². The molecule has 0 aromatic heterocycles. The number of rotatable bonds is 4. The molecule has 1 saturated carbocycles. The minimum atomic E-state index is -2.73. The highest BCUT2D eigenvalue weighted by Crippen LogP contribution is 2.32. The molecule has 94 valence electrons. The summed E-state index contributed by atoms with van der Waals surface area (Å²) in [6, 6.07) is 0.634. The first-order chi connectivity index (χ1) is 7.62. The highest BCUT2D eigenvalue weighted by atomic mass is 32.2. The van der Waals surface area contributed by atoms with Crippen LogP contribution in [0.2, 0.25) is 0 Å². The van der Waals surface area contributed by atoms with Crippen molar-refractivity contribution < 1.29 is 8.42 Å². The second kappa shape index (κ2) is 5.02. The van der Waals surface area contributed by atoms with E-state index in [1.54, 1.807) is 0 Å².